The monoisotopic (exact) mass is 481 g/mol. The number of sulfonamides is 1. The number of ether oxygens (including phenoxy) is 1. The quantitative estimate of drug-likeness (QED) is 0.372. The van der Waals surface area contributed by atoms with Gasteiger partial charge in [-0.15, -0.1) is 6.42 Å². The zero-order valence-electron chi connectivity index (χ0n) is 19.7. The Bertz CT molecular complexity index is 1160. The molecule has 2 aliphatic rings. The Morgan fingerprint density at radius 2 is 1.74 bits per heavy atom. The van der Waals surface area contributed by atoms with E-state index in [9.17, 15) is 13.2 Å². The molecule has 1 N–H and O–H groups in total. The highest BCUT2D eigenvalue weighted by atomic mass is 32.2. The number of piperidine rings is 2. The molecule has 2 aromatic carbocycles. The zero-order chi connectivity index (χ0) is 24.2. The average molecular weight is 482 g/mol. The summed E-state index contributed by atoms with van der Waals surface area (Å²) in [6, 6.07) is 13.6. The van der Waals surface area contributed by atoms with Gasteiger partial charge in [-0.3, -0.25) is 4.79 Å². The minimum Gasteiger partial charge on any atom is -0.479 e. The van der Waals surface area contributed by atoms with Crippen LogP contribution in [0.2, 0.25) is 0 Å². The van der Waals surface area contributed by atoms with Crippen LogP contribution in [-0.4, -0.2) is 56.9 Å². The Hall–Kier alpha value is -2.66. The van der Waals surface area contributed by atoms with Gasteiger partial charge < -0.3 is 10.1 Å². The van der Waals surface area contributed by atoms with Crippen LogP contribution >= 0.6 is 0 Å². The van der Waals surface area contributed by atoms with Crippen molar-refractivity contribution >= 4 is 15.8 Å². The summed E-state index contributed by atoms with van der Waals surface area (Å²) >= 11 is 0. The first kappa shape index (κ1) is 24.5. The molecule has 180 valence electrons. The lowest BCUT2D eigenvalue weighted by atomic mass is 9.95. The number of benzene rings is 2. The first-order valence-corrected chi connectivity index (χ1v) is 13.5. The molecule has 6 nitrogen and oxygen atoms in total. The van der Waals surface area contributed by atoms with Gasteiger partial charge in [0.25, 0.3) is 0 Å². The zero-order valence-corrected chi connectivity index (χ0v) is 20.5. The van der Waals surface area contributed by atoms with Gasteiger partial charge in [0.15, 0.2) is 10.7 Å². The van der Waals surface area contributed by atoms with E-state index in [0.717, 1.165) is 38.8 Å². The minimum absolute atomic E-state index is 0.00714. The molecule has 2 aromatic rings. The number of hydrogen-bond acceptors (Lipinski definition) is 5. The Kier molecular flexibility index (Phi) is 7.42. The number of ketones is 1. The summed E-state index contributed by atoms with van der Waals surface area (Å²) in [5, 5.41) is 3.36. The number of nitrogens with one attached hydrogen (secondary N) is 1. The molecular weight excluding hydrogens is 448 g/mol. The van der Waals surface area contributed by atoms with Crippen LogP contribution in [0.3, 0.4) is 0 Å². The number of nitrogens with zero attached hydrogens (tertiary/aromatic N) is 1. The second-order valence-corrected chi connectivity index (χ2v) is 11.5. The van der Waals surface area contributed by atoms with Gasteiger partial charge in [-0.05, 0) is 24.1 Å². The molecule has 0 unspecified atom stereocenters. The molecule has 0 aromatic heterocycles. The molecule has 0 saturated carbocycles. The Morgan fingerprint density at radius 3 is 2.38 bits per heavy atom. The SMILES string of the molecule is C#CCOc1ccc(C(=O)c2ccccc2)cc1S(=O)(=O)[N+]1(C2CCNCC2)CCC(C)CC1. The fraction of sp³-hybridized carbons (Fsp3) is 0.444. The van der Waals surface area contributed by atoms with Crippen molar-refractivity contribution in [3.63, 3.8) is 0 Å². The van der Waals surface area contributed by atoms with Crippen LogP contribution in [0.1, 0.15) is 48.5 Å². The van der Waals surface area contributed by atoms with Gasteiger partial charge >= 0.3 is 10.0 Å². The molecule has 0 radical (unpaired) electrons. The standard InChI is InChI=1S/C27H33N2O4S/c1-3-19-33-25-10-9-23(27(30)22-7-5-4-6-8-22)20-26(25)34(31,32)29(17-13-21(2)14-18-29)24-11-15-28-16-12-24/h1,4-10,20-21,24,28H,11-19H2,2H3/q+1. The number of carbonyl (C=O) groups excluding carboxylic acids is 1. The second-order valence-electron chi connectivity index (χ2n) is 9.39. The summed E-state index contributed by atoms with van der Waals surface area (Å²) in [5.74, 6) is 2.91. The van der Waals surface area contributed by atoms with Crippen LogP contribution in [0, 0.1) is 18.3 Å². The van der Waals surface area contributed by atoms with Crippen LogP contribution in [0.25, 0.3) is 0 Å². The van der Waals surface area contributed by atoms with E-state index in [1.165, 1.54) is 6.07 Å². The summed E-state index contributed by atoms with van der Waals surface area (Å²) in [5.41, 5.74) is 0.837. The summed E-state index contributed by atoms with van der Waals surface area (Å²) in [4.78, 5) is 13.2. The number of hydrogen-bond donors (Lipinski definition) is 1. The molecule has 0 amide bonds. The normalized spacial score (nSPS) is 23.7. The highest BCUT2D eigenvalue weighted by molar-refractivity contribution is 7.86. The van der Waals surface area contributed by atoms with Gasteiger partial charge in [0.1, 0.15) is 18.4 Å². The fourth-order valence-corrected chi connectivity index (χ4v) is 7.60. The van der Waals surface area contributed by atoms with E-state index in [2.05, 4.69) is 18.2 Å². The lowest BCUT2D eigenvalue weighted by Crippen LogP contribution is -2.64. The predicted molar refractivity (Wildman–Crippen MR) is 132 cm³/mol. The van der Waals surface area contributed by atoms with Crippen LogP contribution in [0.5, 0.6) is 5.75 Å². The highest BCUT2D eigenvalue weighted by Crippen LogP contribution is 2.40. The van der Waals surface area contributed by atoms with Crippen molar-refractivity contribution in [3.05, 3.63) is 59.7 Å². The van der Waals surface area contributed by atoms with E-state index in [0.29, 0.717) is 30.1 Å². The molecule has 0 bridgehead atoms. The summed E-state index contributed by atoms with van der Waals surface area (Å²) in [6.45, 7) is 4.90. The van der Waals surface area contributed by atoms with E-state index >= 15 is 0 Å². The Labute approximate surface area is 203 Å². The van der Waals surface area contributed by atoms with Crippen LogP contribution in [-0.2, 0) is 10.0 Å². The van der Waals surface area contributed by atoms with Crippen molar-refractivity contribution in [2.24, 2.45) is 5.92 Å². The molecule has 0 atom stereocenters. The molecule has 2 heterocycles. The van der Waals surface area contributed by atoms with E-state index in [4.69, 9.17) is 11.2 Å². The van der Waals surface area contributed by atoms with Crippen molar-refractivity contribution in [3.8, 4) is 18.1 Å². The van der Waals surface area contributed by atoms with Crippen molar-refractivity contribution in [2.75, 3.05) is 32.8 Å². The van der Waals surface area contributed by atoms with Crippen molar-refractivity contribution < 1.29 is 21.8 Å². The van der Waals surface area contributed by atoms with Crippen LogP contribution in [0.15, 0.2) is 53.4 Å². The molecule has 0 spiro atoms. The maximum absolute atomic E-state index is 14.5. The van der Waals surface area contributed by atoms with Crippen molar-refractivity contribution in [2.45, 2.75) is 43.5 Å². The Balaban J connectivity index is 1.83. The lowest BCUT2D eigenvalue weighted by Gasteiger charge is -2.47. The second kappa shape index (κ2) is 10.3. The van der Waals surface area contributed by atoms with Crippen LogP contribution in [0.4, 0.5) is 0 Å². The first-order valence-electron chi connectivity index (χ1n) is 12.0. The van der Waals surface area contributed by atoms with Gasteiger partial charge in [-0.1, -0.05) is 43.2 Å². The van der Waals surface area contributed by atoms with E-state index in [1.807, 2.05) is 6.07 Å². The molecule has 2 saturated heterocycles. The third-order valence-corrected chi connectivity index (χ3v) is 9.78. The molecular formula is C27H33N2O4S+. The van der Waals surface area contributed by atoms with Crippen LogP contribution < -0.4 is 10.1 Å². The highest BCUT2D eigenvalue weighted by Gasteiger charge is 2.52. The third kappa shape index (κ3) is 4.63. The largest absolute Gasteiger partial charge is 0.479 e. The summed E-state index contributed by atoms with van der Waals surface area (Å²) in [6.07, 6.45) is 8.71. The molecule has 2 aliphatic heterocycles. The number of rotatable bonds is 7. The lowest BCUT2D eigenvalue weighted by molar-refractivity contribution is -0.841. The molecule has 34 heavy (non-hydrogen) atoms. The number of terminal acetylenes is 1. The van der Waals surface area contributed by atoms with Crippen molar-refractivity contribution in [1.29, 1.82) is 0 Å². The van der Waals surface area contributed by atoms with Gasteiger partial charge in [-0.2, -0.15) is 8.42 Å². The van der Waals surface area contributed by atoms with Crippen molar-refractivity contribution in [1.82, 2.24) is 5.32 Å². The summed E-state index contributed by atoms with van der Waals surface area (Å²) < 4.78 is 34.8. The predicted octanol–water partition coefficient (Wildman–Crippen LogP) is 3.62. The van der Waals surface area contributed by atoms with Gasteiger partial charge in [-0.25, -0.2) is 3.89 Å². The van der Waals surface area contributed by atoms with E-state index < -0.39 is 10.0 Å². The number of carbonyl (C=O) groups is 1. The van der Waals surface area contributed by atoms with Gasteiger partial charge in [0.2, 0.25) is 0 Å². The van der Waals surface area contributed by atoms with Gasteiger partial charge in [0.05, 0.1) is 13.1 Å². The maximum Gasteiger partial charge on any atom is 0.331 e. The molecule has 2 fully saturated rings. The first-order chi connectivity index (χ1) is 16.4. The maximum atomic E-state index is 14.5. The average Bonchev–Trinajstić information content (AvgIpc) is 2.88. The molecule has 7 heteroatoms. The third-order valence-electron chi connectivity index (χ3n) is 7.28. The summed E-state index contributed by atoms with van der Waals surface area (Å²) in [7, 11) is -3.88. The molecule has 0 aliphatic carbocycles. The number of likely N-dealkylation sites (tertiary alicyclic amines) is 1. The smallest absolute Gasteiger partial charge is 0.331 e. The fourth-order valence-electron chi connectivity index (χ4n) is 5.25. The number of quaternary nitrogens is 1. The van der Waals surface area contributed by atoms with Gasteiger partial charge in [0, 0.05) is 49.9 Å². The Morgan fingerprint density at radius 1 is 1.06 bits per heavy atom. The minimum atomic E-state index is -3.88. The van der Waals surface area contributed by atoms with E-state index in [1.54, 1.807) is 36.4 Å². The molecule has 4 rings (SSSR count). The van der Waals surface area contributed by atoms with E-state index in [-0.39, 0.29) is 33.0 Å². The topological polar surface area (TPSA) is 72.5 Å².